The van der Waals surface area contributed by atoms with E-state index in [0.717, 1.165) is 39.3 Å². The first-order chi connectivity index (χ1) is 11.7. The van der Waals surface area contributed by atoms with E-state index in [9.17, 15) is 4.79 Å². The first kappa shape index (κ1) is 21.7. The molecule has 1 atom stereocenters. The molecule has 1 unspecified atom stereocenters. The summed E-state index contributed by atoms with van der Waals surface area (Å²) in [7, 11) is 1.70. The molecule has 0 aromatic rings. The molecular weight excluding hydrogens is 320 g/mol. The molecule has 1 aliphatic rings. The highest BCUT2D eigenvalue weighted by molar-refractivity contribution is 5.84. The van der Waals surface area contributed by atoms with Crippen molar-refractivity contribution < 1.29 is 14.3 Å². The van der Waals surface area contributed by atoms with E-state index in [0.29, 0.717) is 17.9 Å². The molecule has 0 aromatic carbocycles. The van der Waals surface area contributed by atoms with Gasteiger partial charge in [0.15, 0.2) is 5.96 Å². The van der Waals surface area contributed by atoms with Crippen molar-refractivity contribution >= 4 is 11.9 Å². The zero-order valence-corrected chi connectivity index (χ0v) is 16.7. The molecule has 7 nitrogen and oxygen atoms in total. The number of nitrogens with one attached hydrogen (secondary N) is 2. The smallest absolute Gasteiger partial charge is 0.325 e. The van der Waals surface area contributed by atoms with E-state index in [2.05, 4.69) is 34.4 Å². The van der Waals surface area contributed by atoms with Crippen LogP contribution < -0.4 is 10.6 Å². The highest BCUT2D eigenvalue weighted by Crippen LogP contribution is 2.13. The summed E-state index contributed by atoms with van der Waals surface area (Å²) >= 11 is 0. The van der Waals surface area contributed by atoms with Gasteiger partial charge in [0.25, 0.3) is 0 Å². The van der Waals surface area contributed by atoms with Gasteiger partial charge in [0, 0.05) is 32.7 Å². The number of hydrogen-bond donors (Lipinski definition) is 2. The van der Waals surface area contributed by atoms with E-state index in [1.807, 2.05) is 20.8 Å². The van der Waals surface area contributed by atoms with Gasteiger partial charge < -0.3 is 20.1 Å². The normalized spacial score (nSPS) is 18.1. The lowest BCUT2D eigenvalue weighted by Crippen LogP contribution is -2.51. The predicted molar refractivity (Wildman–Crippen MR) is 101 cm³/mol. The Bertz CT molecular complexity index is 427. The van der Waals surface area contributed by atoms with Crippen LogP contribution in [0.5, 0.6) is 0 Å². The van der Waals surface area contributed by atoms with Crippen molar-refractivity contribution in [3.8, 4) is 0 Å². The van der Waals surface area contributed by atoms with E-state index < -0.39 is 5.60 Å². The summed E-state index contributed by atoms with van der Waals surface area (Å²) < 4.78 is 10.8. The van der Waals surface area contributed by atoms with E-state index in [1.165, 1.54) is 0 Å². The van der Waals surface area contributed by atoms with Gasteiger partial charge in [0.2, 0.25) is 0 Å². The largest absolute Gasteiger partial charge is 0.459 e. The van der Waals surface area contributed by atoms with Crippen molar-refractivity contribution in [1.29, 1.82) is 0 Å². The number of carbonyl (C=O) groups is 1. The number of nitrogens with zero attached hydrogens (tertiary/aromatic N) is 2. The number of guanidine groups is 1. The van der Waals surface area contributed by atoms with Gasteiger partial charge in [0.1, 0.15) is 12.1 Å². The Kier molecular flexibility index (Phi) is 9.21. The summed E-state index contributed by atoms with van der Waals surface area (Å²) in [6, 6.07) is 0.420. The van der Waals surface area contributed by atoms with Gasteiger partial charge in [-0.2, -0.15) is 0 Å². The summed E-state index contributed by atoms with van der Waals surface area (Å²) in [4.78, 5) is 18.5. The number of morpholine rings is 1. The Morgan fingerprint density at radius 2 is 1.88 bits per heavy atom. The number of esters is 1. The third-order valence-corrected chi connectivity index (χ3v) is 3.85. The van der Waals surface area contributed by atoms with Crippen LogP contribution >= 0.6 is 0 Å². The summed E-state index contributed by atoms with van der Waals surface area (Å²) in [5.41, 5.74) is -0.478. The van der Waals surface area contributed by atoms with Crippen molar-refractivity contribution in [3.05, 3.63) is 0 Å². The number of carbonyl (C=O) groups excluding carboxylic acids is 1. The van der Waals surface area contributed by atoms with E-state index in [4.69, 9.17) is 9.47 Å². The molecule has 0 bridgehead atoms. The van der Waals surface area contributed by atoms with E-state index >= 15 is 0 Å². The highest BCUT2D eigenvalue weighted by Gasteiger charge is 2.22. The van der Waals surface area contributed by atoms with E-state index in [1.54, 1.807) is 7.05 Å². The maximum atomic E-state index is 11.8. The molecule has 2 N–H and O–H groups in total. The lowest BCUT2D eigenvalue weighted by Gasteiger charge is -2.35. The Labute approximate surface area is 152 Å². The number of aliphatic imine (C=N–C) groups is 1. The van der Waals surface area contributed by atoms with Crippen LogP contribution in [0.3, 0.4) is 0 Å². The molecule has 1 saturated heterocycles. The molecule has 0 amide bonds. The number of hydrogen-bond acceptors (Lipinski definition) is 5. The van der Waals surface area contributed by atoms with Crippen LogP contribution in [-0.4, -0.2) is 74.9 Å². The second-order valence-electron chi connectivity index (χ2n) is 7.82. The lowest BCUT2D eigenvalue weighted by molar-refractivity contribution is -0.153. The molecule has 7 heteroatoms. The third kappa shape index (κ3) is 9.65. The van der Waals surface area contributed by atoms with Crippen LogP contribution in [-0.2, 0) is 14.3 Å². The summed E-state index contributed by atoms with van der Waals surface area (Å²) in [5, 5.41) is 6.36. The molecule has 25 heavy (non-hydrogen) atoms. The molecule has 0 aliphatic carbocycles. The molecule has 0 radical (unpaired) electrons. The van der Waals surface area contributed by atoms with Crippen LogP contribution in [0.2, 0.25) is 0 Å². The second kappa shape index (κ2) is 10.6. The lowest BCUT2D eigenvalue weighted by atomic mass is 10.0. The maximum Gasteiger partial charge on any atom is 0.325 e. The predicted octanol–water partition coefficient (Wildman–Crippen LogP) is 1.24. The quantitative estimate of drug-likeness (QED) is 0.406. The third-order valence-electron chi connectivity index (χ3n) is 3.85. The fourth-order valence-corrected chi connectivity index (χ4v) is 2.82. The second-order valence-corrected chi connectivity index (χ2v) is 7.82. The first-order valence-electron chi connectivity index (χ1n) is 9.19. The molecule has 0 spiro atoms. The van der Waals surface area contributed by atoms with Gasteiger partial charge in [-0.1, -0.05) is 13.8 Å². The van der Waals surface area contributed by atoms with Crippen LogP contribution in [0.15, 0.2) is 4.99 Å². The van der Waals surface area contributed by atoms with Crippen LogP contribution in [0, 0.1) is 5.92 Å². The molecule has 1 rings (SSSR count). The summed E-state index contributed by atoms with van der Waals surface area (Å²) in [6.45, 7) is 14.4. The Morgan fingerprint density at radius 3 is 2.40 bits per heavy atom. The van der Waals surface area contributed by atoms with Gasteiger partial charge in [0.05, 0.1) is 13.2 Å². The average Bonchev–Trinajstić information content (AvgIpc) is 2.52. The standard InChI is InChI=1S/C18H36N4O3/c1-14(2)11-15(22-7-9-24-10-8-22)12-20-17(19-6)21-13-16(23)25-18(3,4)5/h14-15H,7-13H2,1-6H3,(H2,19,20,21). The van der Waals surface area contributed by atoms with Gasteiger partial charge in [-0.15, -0.1) is 0 Å². The minimum Gasteiger partial charge on any atom is -0.459 e. The van der Waals surface area contributed by atoms with Crippen LogP contribution in [0.1, 0.15) is 41.0 Å². The van der Waals surface area contributed by atoms with Crippen molar-refractivity contribution in [1.82, 2.24) is 15.5 Å². The summed E-state index contributed by atoms with van der Waals surface area (Å²) in [6.07, 6.45) is 1.11. The van der Waals surface area contributed by atoms with Crippen LogP contribution in [0.25, 0.3) is 0 Å². The molecule has 146 valence electrons. The molecule has 0 aromatic heterocycles. The van der Waals surface area contributed by atoms with Crippen LogP contribution in [0.4, 0.5) is 0 Å². The Balaban J connectivity index is 2.47. The molecule has 1 aliphatic heterocycles. The molecular formula is C18H36N4O3. The van der Waals surface area contributed by atoms with Crippen molar-refractivity contribution in [2.24, 2.45) is 10.9 Å². The fraction of sp³-hybridized carbons (Fsp3) is 0.889. The zero-order valence-electron chi connectivity index (χ0n) is 16.7. The van der Waals surface area contributed by atoms with Crippen molar-refractivity contribution in [2.75, 3.05) is 46.4 Å². The SMILES string of the molecule is CN=C(NCC(=O)OC(C)(C)C)NCC(CC(C)C)N1CCOCC1. The maximum absolute atomic E-state index is 11.8. The van der Waals surface area contributed by atoms with Gasteiger partial charge in [-0.05, 0) is 33.1 Å². The first-order valence-corrected chi connectivity index (χ1v) is 9.19. The Morgan fingerprint density at radius 1 is 1.24 bits per heavy atom. The highest BCUT2D eigenvalue weighted by atomic mass is 16.6. The fourth-order valence-electron chi connectivity index (χ4n) is 2.82. The monoisotopic (exact) mass is 356 g/mol. The zero-order chi connectivity index (χ0) is 18.9. The van der Waals surface area contributed by atoms with Gasteiger partial charge in [-0.25, -0.2) is 0 Å². The van der Waals surface area contributed by atoms with Crippen molar-refractivity contribution in [2.45, 2.75) is 52.7 Å². The van der Waals surface area contributed by atoms with Gasteiger partial charge in [-0.3, -0.25) is 14.7 Å². The molecule has 1 fully saturated rings. The summed E-state index contributed by atoms with van der Waals surface area (Å²) in [5.74, 6) is 0.946. The van der Waals surface area contributed by atoms with Gasteiger partial charge >= 0.3 is 5.97 Å². The number of rotatable bonds is 7. The average molecular weight is 357 g/mol. The minimum absolute atomic E-state index is 0.101. The molecule has 1 heterocycles. The van der Waals surface area contributed by atoms with E-state index in [-0.39, 0.29) is 12.5 Å². The Hall–Kier alpha value is -1.34. The number of ether oxygens (including phenoxy) is 2. The minimum atomic E-state index is -0.478. The molecule has 0 saturated carbocycles. The topological polar surface area (TPSA) is 75.2 Å². The van der Waals surface area contributed by atoms with Crippen molar-refractivity contribution in [3.63, 3.8) is 0 Å².